The molecule has 4 aromatic rings. The summed E-state index contributed by atoms with van der Waals surface area (Å²) in [6.07, 6.45) is 8.39. The number of hydrogen-bond donors (Lipinski definition) is 1. The van der Waals surface area contributed by atoms with E-state index in [1.807, 2.05) is 35.2 Å². The fraction of sp³-hybridized carbons (Fsp3) is 0.0800. The number of amides is 1. The SMILES string of the molecule is COc1ccc(/C=C/C(=O)Nc2ccc(Oc3cc(-n4cccc4)ncn3)cc2)cc1OC. The van der Waals surface area contributed by atoms with Crippen LogP contribution in [0.25, 0.3) is 11.9 Å². The van der Waals surface area contributed by atoms with Crippen LogP contribution in [0.1, 0.15) is 5.56 Å². The molecule has 1 amide bonds. The van der Waals surface area contributed by atoms with Gasteiger partial charge in [0.25, 0.3) is 0 Å². The number of carbonyl (C=O) groups excluding carboxylic acids is 1. The Morgan fingerprint density at radius 1 is 0.939 bits per heavy atom. The Hall–Kier alpha value is -4.59. The van der Waals surface area contributed by atoms with Crippen LogP contribution in [0, 0.1) is 0 Å². The molecule has 0 unspecified atom stereocenters. The first-order valence-corrected chi connectivity index (χ1v) is 10.1. The summed E-state index contributed by atoms with van der Waals surface area (Å²) in [5.41, 5.74) is 1.45. The van der Waals surface area contributed by atoms with Crippen LogP contribution in [0.15, 0.2) is 85.5 Å². The molecule has 8 nitrogen and oxygen atoms in total. The molecular formula is C25H22N4O4. The number of aromatic nitrogens is 3. The van der Waals surface area contributed by atoms with Gasteiger partial charge >= 0.3 is 0 Å². The van der Waals surface area contributed by atoms with Gasteiger partial charge in [-0.1, -0.05) is 6.07 Å². The van der Waals surface area contributed by atoms with E-state index in [2.05, 4.69) is 15.3 Å². The lowest BCUT2D eigenvalue weighted by molar-refractivity contribution is -0.111. The van der Waals surface area contributed by atoms with Gasteiger partial charge in [0.15, 0.2) is 11.5 Å². The van der Waals surface area contributed by atoms with Crippen LogP contribution in [-0.4, -0.2) is 34.7 Å². The van der Waals surface area contributed by atoms with Crippen molar-refractivity contribution < 1.29 is 19.0 Å². The van der Waals surface area contributed by atoms with Crippen LogP contribution in [-0.2, 0) is 4.79 Å². The van der Waals surface area contributed by atoms with Crippen molar-refractivity contribution in [2.75, 3.05) is 19.5 Å². The average molecular weight is 442 g/mol. The highest BCUT2D eigenvalue weighted by Gasteiger charge is 2.05. The molecule has 4 rings (SSSR count). The zero-order chi connectivity index (χ0) is 23.0. The van der Waals surface area contributed by atoms with E-state index in [0.29, 0.717) is 34.6 Å². The summed E-state index contributed by atoms with van der Waals surface area (Å²) in [4.78, 5) is 20.7. The third-order valence-electron chi connectivity index (χ3n) is 4.68. The van der Waals surface area contributed by atoms with Crippen molar-refractivity contribution in [2.24, 2.45) is 0 Å². The molecule has 1 N–H and O–H groups in total. The van der Waals surface area contributed by atoms with Gasteiger partial charge in [-0.25, -0.2) is 9.97 Å². The van der Waals surface area contributed by atoms with E-state index in [1.165, 1.54) is 12.4 Å². The van der Waals surface area contributed by atoms with Gasteiger partial charge in [0, 0.05) is 30.2 Å². The number of methoxy groups -OCH3 is 2. The quantitative estimate of drug-likeness (QED) is 0.397. The van der Waals surface area contributed by atoms with Gasteiger partial charge in [-0.15, -0.1) is 0 Å². The maximum Gasteiger partial charge on any atom is 0.248 e. The fourth-order valence-electron chi connectivity index (χ4n) is 3.05. The Morgan fingerprint density at radius 3 is 2.42 bits per heavy atom. The maximum absolute atomic E-state index is 12.3. The number of ether oxygens (including phenoxy) is 3. The van der Waals surface area contributed by atoms with Crippen LogP contribution in [0.5, 0.6) is 23.1 Å². The molecule has 2 heterocycles. The summed E-state index contributed by atoms with van der Waals surface area (Å²) in [5, 5.41) is 2.82. The second-order valence-electron chi connectivity index (χ2n) is 6.87. The molecule has 0 fully saturated rings. The molecule has 0 spiro atoms. The van der Waals surface area contributed by atoms with Crippen LogP contribution < -0.4 is 19.5 Å². The first-order valence-electron chi connectivity index (χ1n) is 10.1. The molecule has 0 saturated carbocycles. The number of carbonyl (C=O) groups is 1. The lowest BCUT2D eigenvalue weighted by atomic mass is 10.2. The number of rotatable bonds is 8. The summed E-state index contributed by atoms with van der Waals surface area (Å²) < 4.78 is 18.2. The van der Waals surface area contributed by atoms with E-state index in [9.17, 15) is 4.79 Å². The normalized spacial score (nSPS) is 10.7. The molecule has 2 aromatic carbocycles. The van der Waals surface area contributed by atoms with Crippen molar-refractivity contribution in [1.29, 1.82) is 0 Å². The van der Waals surface area contributed by atoms with E-state index in [0.717, 1.165) is 5.56 Å². The first kappa shape index (κ1) is 21.6. The molecule has 166 valence electrons. The Balaban J connectivity index is 1.36. The Morgan fingerprint density at radius 2 is 1.70 bits per heavy atom. The van der Waals surface area contributed by atoms with Gasteiger partial charge in [-0.05, 0) is 60.2 Å². The summed E-state index contributed by atoms with van der Waals surface area (Å²) >= 11 is 0. The minimum absolute atomic E-state index is 0.259. The fourth-order valence-corrected chi connectivity index (χ4v) is 3.05. The Bertz CT molecular complexity index is 1250. The monoisotopic (exact) mass is 442 g/mol. The van der Waals surface area contributed by atoms with Gasteiger partial charge in [-0.2, -0.15) is 0 Å². The van der Waals surface area contributed by atoms with Gasteiger partial charge < -0.3 is 24.1 Å². The van der Waals surface area contributed by atoms with Gasteiger partial charge in [-0.3, -0.25) is 4.79 Å². The van der Waals surface area contributed by atoms with Crippen molar-refractivity contribution in [1.82, 2.24) is 14.5 Å². The van der Waals surface area contributed by atoms with Crippen molar-refractivity contribution in [2.45, 2.75) is 0 Å². The predicted octanol–water partition coefficient (Wildman–Crippen LogP) is 4.73. The minimum atomic E-state index is -0.259. The van der Waals surface area contributed by atoms with E-state index >= 15 is 0 Å². The van der Waals surface area contributed by atoms with Crippen molar-refractivity contribution >= 4 is 17.7 Å². The van der Waals surface area contributed by atoms with E-state index in [1.54, 1.807) is 62.8 Å². The van der Waals surface area contributed by atoms with Crippen LogP contribution in [0.2, 0.25) is 0 Å². The standard InChI is InChI=1S/C25H22N4O4/c1-31-21-11-5-18(15-22(21)32-2)6-12-24(30)28-19-7-9-20(10-8-19)33-25-16-23(26-17-27-25)29-13-3-4-14-29/h3-17H,1-2H3,(H,28,30)/b12-6+. The Labute approximate surface area is 191 Å². The van der Waals surface area contributed by atoms with Crippen LogP contribution >= 0.6 is 0 Å². The highest BCUT2D eigenvalue weighted by molar-refractivity contribution is 6.02. The molecule has 0 aliphatic heterocycles. The number of nitrogens with zero attached hydrogens (tertiary/aromatic N) is 3. The largest absolute Gasteiger partial charge is 0.493 e. The molecule has 0 atom stereocenters. The van der Waals surface area contributed by atoms with Gasteiger partial charge in [0.1, 0.15) is 17.9 Å². The third kappa shape index (κ3) is 5.56. The summed E-state index contributed by atoms with van der Waals surface area (Å²) in [6, 6.07) is 18.0. The highest BCUT2D eigenvalue weighted by Crippen LogP contribution is 2.28. The van der Waals surface area contributed by atoms with E-state index < -0.39 is 0 Å². The lowest BCUT2D eigenvalue weighted by Crippen LogP contribution is -2.07. The predicted molar refractivity (Wildman–Crippen MR) is 125 cm³/mol. The van der Waals surface area contributed by atoms with Gasteiger partial charge in [0.05, 0.1) is 14.2 Å². The average Bonchev–Trinajstić information content (AvgIpc) is 3.39. The number of benzene rings is 2. The molecule has 0 saturated heterocycles. The molecule has 0 bridgehead atoms. The van der Waals surface area contributed by atoms with E-state index in [-0.39, 0.29) is 5.91 Å². The van der Waals surface area contributed by atoms with Crippen molar-refractivity contribution in [3.63, 3.8) is 0 Å². The third-order valence-corrected chi connectivity index (χ3v) is 4.68. The van der Waals surface area contributed by atoms with E-state index in [4.69, 9.17) is 14.2 Å². The smallest absolute Gasteiger partial charge is 0.248 e. The lowest BCUT2D eigenvalue weighted by Gasteiger charge is -2.08. The van der Waals surface area contributed by atoms with Crippen molar-refractivity contribution in [3.05, 3.63) is 91.0 Å². The number of hydrogen-bond acceptors (Lipinski definition) is 6. The molecule has 0 aliphatic carbocycles. The zero-order valence-corrected chi connectivity index (χ0v) is 18.1. The second kappa shape index (κ2) is 10.1. The molecular weight excluding hydrogens is 420 g/mol. The molecule has 33 heavy (non-hydrogen) atoms. The van der Waals surface area contributed by atoms with Crippen LogP contribution in [0.4, 0.5) is 5.69 Å². The van der Waals surface area contributed by atoms with Crippen molar-refractivity contribution in [3.8, 4) is 28.9 Å². The summed E-state index contributed by atoms with van der Waals surface area (Å²) in [6.45, 7) is 0. The molecule has 8 heteroatoms. The highest BCUT2D eigenvalue weighted by atomic mass is 16.5. The topological polar surface area (TPSA) is 87.5 Å². The number of anilines is 1. The summed E-state index contributed by atoms with van der Waals surface area (Å²) in [5.74, 6) is 2.68. The maximum atomic E-state index is 12.3. The van der Waals surface area contributed by atoms with Gasteiger partial charge in [0.2, 0.25) is 11.8 Å². The summed E-state index contributed by atoms with van der Waals surface area (Å²) in [7, 11) is 3.14. The minimum Gasteiger partial charge on any atom is -0.493 e. The molecule has 0 radical (unpaired) electrons. The molecule has 2 aromatic heterocycles. The first-order chi connectivity index (χ1) is 16.1. The molecule has 0 aliphatic rings. The second-order valence-corrected chi connectivity index (χ2v) is 6.87. The zero-order valence-electron chi connectivity index (χ0n) is 18.1. The Kier molecular flexibility index (Phi) is 6.65. The van der Waals surface area contributed by atoms with Crippen LogP contribution in [0.3, 0.4) is 0 Å². The number of nitrogens with one attached hydrogen (secondary N) is 1.